The molecule has 0 saturated carbocycles. The van der Waals surface area contributed by atoms with Crippen LogP contribution >= 0.6 is 0 Å². The first-order valence-electron chi connectivity index (χ1n) is 9.12. The Hall–Kier alpha value is -2.27. The minimum Gasteiger partial charge on any atom is -0.340 e. The Morgan fingerprint density at radius 2 is 1.62 bits per heavy atom. The summed E-state index contributed by atoms with van der Waals surface area (Å²) in [5.74, 6) is -1.37. The van der Waals surface area contributed by atoms with Crippen molar-refractivity contribution in [3.8, 4) is 0 Å². The van der Waals surface area contributed by atoms with Gasteiger partial charge in [0, 0.05) is 38.3 Å². The van der Waals surface area contributed by atoms with Gasteiger partial charge in [-0.05, 0) is 35.6 Å². The fraction of sp³-hybridized carbons (Fsp3) is 0.381. The number of carbonyl (C=O) groups is 1. The van der Waals surface area contributed by atoms with Crippen LogP contribution < -0.4 is 0 Å². The fourth-order valence-electron chi connectivity index (χ4n) is 4.07. The number of amides is 1. The minimum atomic E-state index is -0.652. The van der Waals surface area contributed by atoms with Crippen molar-refractivity contribution in [1.29, 1.82) is 0 Å². The molecule has 1 saturated heterocycles. The van der Waals surface area contributed by atoms with Crippen LogP contribution in [0.3, 0.4) is 0 Å². The largest absolute Gasteiger partial charge is 0.340 e. The Morgan fingerprint density at radius 1 is 0.962 bits per heavy atom. The summed E-state index contributed by atoms with van der Waals surface area (Å²) in [6.45, 7) is 3.01. The second-order valence-corrected chi connectivity index (χ2v) is 7.16. The molecule has 2 aliphatic rings. The number of benzene rings is 2. The lowest BCUT2D eigenvalue weighted by atomic mass is 10.1. The minimum absolute atomic E-state index is 0.0129. The average molecular weight is 356 g/mol. The van der Waals surface area contributed by atoms with Gasteiger partial charge in [0.1, 0.15) is 11.6 Å². The van der Waals surface area contributed by atoms with Crippen LogP contribution in [0.25, 0.3) is 0 Å². The van der Waals surface area contributed by atoms with Gasteiger partial charge in [0.2, 0.25) is 5.91 Å². The predicted octanol–water partition coefficient (Wildman–Crippen LogP) is 2.82. The van der Waals surface area contributed by atoms with Gasteiger partial charge in [-0.2, -0.15) is 0 Å². The molecular formula is C21H22F2N2O. The highest BCUT2D eigenvalue weighted by atomic mass is 19.1. The molecular weight excluding hydrogens is 334 g/mol. The van der Waals surface area contributed by atoms with E-state index in [9.17, 15) is 13.6 Å². The second-order valence-electron chi connectivity index (χ2n) is 7.16. The van der Waals surface area contributed by atoms with Crippen molar-refractivity contribution in [2.75, 3.05) is 26.2 Å². The lowest BCUT2D eigenvalue weighted by Gasteiger charge is -2.38. The quantitative estimate of drug-likeness (QED) is 0.844. The van der Waals surface area contributed by atoms with Gasteiger partial charge in [-0.25, -0.2) is 8.78 Å². The van der Waals surface area contributed by atoms with E-state index in [1.54, 1.807) is 4.90 Å². The SMILES string of the molecule is O=C(Cc1ccc(F)cc1F)N1CCN(C2Cc3ccccc3C2)CC1. The molecule has 3 nitrogen and oxygen atoms in total. The molecule has 0 atom stereocenters. The lowest BCUT2D eigenvalue weighted by Crippen LogP contribution is -2.52. The third-order valence-corrected chi connectivity index (χ3v) is 5.57. The molecule has 0 aromatic heterocycles. The number of carbonyl (C=O) groups excluding carboxylic acids is 1. The van der Waals surface area contributed by atoms with Gasteiger partial charge in [0.25, 0.3) is 0 Å². The molecule has 1 amide bonds. The van der Waals surface area contributed by atoms with Crippen molar-refractivity contribution in [1.82, 2.24) is 9.80 Å². The van der Waals surface area contributed by atoms with Crippen LogP contribution in [0.4, 0.5) is 8.78 Å². The monoisotopic (exact) mass is 356 g/mol. The van der Waals surface area contributed by atoms with Crippen LogP contribution in [-0.4, -0.2) is 47.9 Å². The number of hydrogen-bond acceptors (Lipinski definition) is 2. The number of halogens is 2. The van der Waals surface area contributed by atoms with Crippen LogP contribution in [0.1, 0.15) is 16.7 Å². The van der Waals surface area contributed by atoms with E-state index < -0.39 is 11.6 Å². The topological polar surface area (TPSA) is 23.6 Å². The molecule has 1 aliphatic carbocycles. The van der Waals surface area contributed by atoms with Gasteiger partial charge in [0.05, 0.1) is 6.42 Å². The summed E-state index contributed by atoms with van der Waals surface area (Å²) in [5.41, 5.74) is 3.12. The molecule has 0 bridgehead atoms. The summed E-state index contributed by atoms with van der Waals surface area (Å²) in [6.07, 6.45) is 2.14. The maximum atomic E-state index is 13.8. The molecule has 136 valence electrons. The van der Waals surface area contributed by atoms with Gasteiger partial charge in [-0.3, -0.25) is 9.69 Å². The van der Waals surface area contributed by atoms with Crippen molar-refractivity contribution < 1.29 is 13.6 Å². The standard InChI is InChI=1S/C21H22F2N2O/c22-18-6-5-17(20(23)14-18)13-21(26)25-9-7-24(8-10-25)19-11-15-3-1-2-4-16(15)12-19/h1-6,14,19H,7-13H2. The van der Waals surface area contributed by atoms with Crippen molar-refractivity contribution in [2.24, 2.45) is 0 Å². The summed E-state index contributed by atoms with van der Waals surface area (Å²) in [7, 11) is 0. The highest BCUT2D eigenvalue weighted by Crippen LogP contribution is 2.26. The molecule has 5 heteroatoms. The molecule has 0 unspecified atom stereocenters. The van der Waals surface area contributed by atoms with E-state index in [1.165, 1.54) is 23.3 Å². The second kappa shape index (κ2) is 7.16. The molecule has 1 aliphatic heterocycles. The molecule has 0 radical (unpaired) electrons. The summed E-state index contributed by atoms with van der Waals surface area (Å²) < 4.78 is 26.7. The molecule has 26 heavy (non-hydrogen) atoms. The van der Waals surface area contributed by atoms with Crippen molar-refractivity contribution in [3.05, 3.63) is 70.8 Å². The van der Waals surface area contributed by atoms with Gasteiger partial charge < -0.3 is 4.90 Å². The summed E-state index contributed by atoms with van der Waals surface area (Å²) in [4.78, 5) is 16.7. The number of fused-ring (bicyclic) bond motifs is 1. The molecule has 1 heterocycles. The summed E-state index contributed by atoms with van der Waals surface area (Å²) in [5, 5.41) is 0. The normalized spacial score (nSPS) is 18.2. The van der Waals surface area contributed by atoms with Crippen molar-refractivity contribution in [3.63, 3.8) is 0 Å². The van der Waals surface area contributed by atoms with Gasteiger partial charge in [-0.1, -0.05) is 30.3 Å². The highest BCUT2D eigenvalue weighted by molar-refractivity contribution is 5.79. The first-order chi connectivity index (χ1) is 12.6. The molecule has 4 rings (SSSR count). The maximum Gasteiger partial charge on any atom is 0.227 e. The van der Waals surface area contributed by atoms with E-state index in [4.69, 9.17) is 0 Å². The van der Waals surface area contributed by atoms with E-state index in [0.717, 1.165) is 32.0 Å². The van der Waals surface area contributed by atoms with E-state index >= 15 is 0 Å². The smallest absolute Gasteiger partial charge is 0.227 e. The Labute approximate surface area is 152 Å². The Morgan fingerprint density at radius 3 is 2.23 bits per heavy atom. The Bertz CT molecular complexity index is 790. The number of nitrogens with zero attached hydrogens (tertiary/aromatic N) is 2. The third-order valence-electron chi connectivity index (χ3n) is 5.57. The van der Waals surface area contributed by atoms with E-state index in [0.29, 0.717) is 19.1 Å². The molecule has 2 aromatic carbocycles. The van der Waals surface area contributed by atoms with Crippen LogP contribution in [0.2, 0.25) is 0 Å². The molecule has 2 aromatic rings. The molecule has 0 N–H and O–H groups in total. The van der Waals surface area contributed by atoms with Crippen LogP contribution in [0.15, 0.2) is 42.5 Å². The zero-order chi connectivity index (χ0) is 18.1. The summed E-state index contributed by atoms with van der Waals surface area (Å²) in [6, 6.07) is 12.5. The van der Waals surface area contributed by atoms with Crippen LogP contribution in [0.5, 0.6) is 0 Å². The number of hydrogen-bond donors (Lipinski definition) is 0. The first kappa shape index (κ1) is 17.2. The third kappa shape index (κ3) is 3.49. The number of piperazine rings is 1. The van der Waals surface area contributed by atoms with Crippen molar-refractivity contribution in [2.45, 2.75) is 25.3 Å². The van der Waals surface area contributed by atoms with E-state index in [-0.39, 0.29) is 17.9 Å². The lowest BCUT2D eigenvalue weighted by molar-refractivity contribution is -0.132. The van der Waals surface area contributed by atoms with Crippen LogP contribution in [0, 0.1) is 11.6 Å². The maximum absolute atomic E-state index is 13.8. The van der Waals surface area contributed by atoms with Gasteiger partial charge in [-0.15, -0.1) is 0 Å². The van der Waals surface area contributed by atoms with Crippen LogP contribution in [-0.2, 0) is 24.1 Å². The Kier molecular flexibility index (Phi) is 4.72. The average Bonchev–Trinajstić information content (AvgIpc) is 3.08. The predicted molar refractivity (Wildman–Crippen MR) is 95.9 cm³/mol. The first-order valence-corrected chi connectivity index (χ1v) is 9.12. The zero-order valence-electron chi connectivity index (χ0n) is 14.6. The number of rotatable bonds is 3. The fourth-order valence-corrected chi connectivity index (χ4v) is 4.07. The Balaban J connectivity index is 1.32. The molecule has 0 spiro atoms. The van der Waals surface area contributed by atoms with E-state index in [1.807, 2.05) is 0 Å². The summed E-state index contributed by atoms with van der Waals surface area (Å²) >= 11 is 0. The zero-order valence-corrected chi connectivity index (χ0v) is 14.6. The highest BCUT2D eigenvalue weighted by Gasteiger charge is 2.30. The van der Waals surface area contributed by atoms with Gasteiger partial charge in [0.15, 0.2) is 0 Å². The van der Waals surface area contributed by atoms with Crippen molar-refractivity contribution >= 4 is 5.91 Å². The molecule has 1 fully saturated rings. The van der Waals surface area contributed by atoms with Gasteiger partial charge >= 0.3 is 0 Å². The van der Waals surface area contributed by atoms with E-state index in [2.05, 4.69) is 29.2 Å².